The first-order valence-corrected chi connectivity index (χ1v) is 6.60. The fourth-order valence-corrected chi connectivity index (χ4v) is 2.75. The predicted octanol–water partition coefficient (Wildman–Crippen LogP) is 3.65. The minimum Gasteiger partial charge on any atom is -0.330 e. The molecule has 2 heteroatoms. The average molecular weight is 238 g/mol. The van der Waals surface area contributed by atoms with Gasteiger partial charge in [0.2, 0.25) is 0 Å². The maximum atomic E-state index is 5.88. The fraction of sp³-hybridized carbons (Fsp3) is 0.571. The summed E-state index contributed by atoms with van der Waals surface area (Å²) in [5.41, 5.74) is 7.12. The SMILES string of the molecule is NCC1CCC(Cc2ccc(Cl)cc2)CC1. The highest BCUT2D eigenvalue weighted by Crippen LogP contribution is 2.30. The molecule has 0 amide bonds. The Morgan fingerprint density at radius 3 is 2.12 bits per heavy atom. The number of nitrogens with two attached hydrogens (primary N) is 1. The molecule has 1 aromatic rings. The molecular weight excluding hydrogens is 218 g/mol. The predicted molar refractivity (Wildman–Crippen MR) is 69.7 cm³/mol. The zero-order valence-electron chi connectivity index (χ0n) is 9.66. The summed E-state index contributed by atoms with van der Waals surface area (Å²) in [7, 11) is 0. The van der Waals surface area contributed by atoms with E-state index in [0.29, 0.717) is 0 Å². The van der Waals surface area contributed by atoms with E-state index in [0.717, 1.165) is 23.4 Å². The first-order valence-electron chi connectivity index (χ1n) is 6.22. The van der Waals surface area contributed by atoms with Crippen LogP contribution in [-0.4, -0.2) is 6.54 Å². The first-order chi connectivity index (χ1) is 7.78. The number of benzene rings is 1. The van der Waals surface area contributed by atoms with E-state index in [1.54, 1.807) is 0 Å². The number of halogens is 1. The van der Waals surface area contributed by atoms with Gasteiger partial charge in [0.05, 0.1) is 0 Å². The number of hydrogen-bond acceptors (Lipinski definition) is 1. The molecule has 0 bridgehead atoms. The lowest BCUT2D eigenvalue weighted by molar-refractivity contribution is 0.278. The van der Waals surface area contributed by atoms with Crippen LogP contribution in [0.1, 0.15) is 31.2 Å². The largest absolute Gasteiger partial charge is 0.330 e. The lowest BCUT2D eigenvalue weighted by Gasteiger charge is -2.27. The van der Waals surface area contributed by atoms with Gasteiger partial charge in [-0.2, -0.15) is 0 Å². The van der Waals surface area contributed by atoms with Crippen LogP contribution >= 0.6 is 11.6 Å². The zero-order chi connectivity index (χ0) is 11.4. The van der Waals surface area contributed by atoms with E-state index in [1.807, 2.05) is 12.1 Å². The molecule has 0 heterocycles. The Balaban J connectivity index is 1.84. The van der Waals surface area contributed by atoms with Crippen molar-refractivity contribution >= 4 is 11.6 Å². The van der Waals surface area contributed by atoms with Crippen LogP contribution in [0, 0.1) is 11.8 Å². The highest BCUT2D eigenvalue weighted by atomic mass is 35.5. The van der Waals surface area contributed by atoms with Crippen LogP contribution < -0.4 is 5.73 Å². The van der Waals surface area contributed by atoms with Gasteiger partial charge in [-0.3, -0.25) is 0 Å². The van der Waals surface area contributed by atoms with Crippen LogP contribution in [0.15, 0.2) is 24.3 Å². The summed E-state index contributed by atoms with van der Waals surface area (Å²) < 4.78 is 0. The molecule has 1 aliphatic carbocycles. The molecule has 0 radical (unpaired) electrons. The van der Waals surface area contributed by atoms with Crippen LogP contribution in [0.5, 0.6) is 0 Å². The van der Waals surface area contributed by atoms with Crippen molar-refractivity contribution in [3.8, 4) is 0 Å². The molecule has 1 aliphatic rings. The third kappa shape index (κ3) is 3.23. The molecule has 1 saturated carbocycles. The minimum absolute atomic E-state index is 0.779. The zero-order valence-corrected chi connectivity index (χ0v) is 10.4. The van der Waals surface area contributed by atoms with Gasteiger partial charge in [0, 0.05) is 5.02 Å². The summed E-state index contributed by atoms with van der Waals surface area (Å²) in [5, 5.41) is 0.829. The fourth-order valence-electron chi connectivity index (χ4n) is 2.63. The molecule has 0 aliphatic heterocycles. The second-order valence-corrected chi connectivity index (χ2v) is 5.39. The summed E-state index contributed by atoms with van der Waals surface area (Å²) in [5.74, 6) is 1.63. The van der Waals surface area contributed by atoms with Crippen LogP contribution in [0.3, 0.4) is 0 Å². The van der Waals surface area contributed by atoms with Gasteiger partial charge in [-0.05, 0) is 68.2 Å². The Morgan fingerprint density at radius 1 is 1.00 bits per heavy atom. The molecule has 16 heavy (non-hydrogen) atoms. The molecule has 0 spiro atoms. The standard InChI is InChI=1S/C14H20ClN/c15-14-7-5-12(6-8-14)9-11-1-3-13(10-16)4-2-11/h5-8,11,13H,1-4,9-10,16H2. The van der Waals surface area contributed by atoms with E-state index in [2.05, 4.69) is 12.1 Å². The first kappa shape index (κ1) is 11.9. The van der Waals surface area contributed by atoms with Crippen molar-refractivity contribution in [3.05, 3.63) is 34.9 Å². The smallest absolute Gasteiger partial charge is 0.0406 e. The lowest BCUT2D eigenvalue weighted by Crippen LogP contribution is -2.22. The van der Waals surface area contributed by atoms with Crippen molar-refractivity contribution in [2.24, 2.45) is 17.6 Å². The van der Waals surface area contributed by atoms with Crippen molar-refractivity contribution in [2.75, 3.05) is 6.54 Å². The Bertz CT molecular complexity index is 312. The second kappa shape index (κ2) is 5.70. The van der Waals surface area contributed by atoms with E-state index in [9.17, 15) is 0 Å². The molecule has 88 valence electrons. The minimum atomic E-state index is 0.779. The summed E-state index contributed by atoms with van der Waals surface area (Å²) >= 11 is 5.88. The molecular formula is C14H20ClN. The molecule has 1 aromatic carbocycles. The van der Waals surface area contributed by atoms with E-state index < -0.39 is 0 Å². The van der Waals surface area contributed by atoms with E-state index in [-0.39, 0.29) is 0 Å². The van der Waals surface area contributed by atoms with Crippen LogP contribution in [-0.2, 0) is 6.42 Å². The third-order valence-corrected chi connectivity index (χ3v) is 3.99. The van der Waals surface area contributed by atoms with Crippen LogP contribution in [0.2, 0.25) is 5.02 Å². The van der Waals surface area contributed by atoms with Gasteiger partial charge in [0.1, 0.15) is 0 Å². The van der Waals surface area contributed by atoms with Gasteiger partial charge < -0.3 is 5.73 Å². The van der Waals surface area contributed by atoms with E-state index in [4.69, 9.17) is 17.3 Å². The molecule has 0 aromatic heterocycles. The van der Waals surface area contributed by atoms with Gasteiger partial charge >= 0.3 is 0 Å². The number of rotatable bonds is 3. The average Bonchev–Trinajstić information content (AvgIpc) is 2.33. The van der Waals surface area contributed by atoms with E-state index in [1.165, 1.54) is 37.7 Å². The Morgan fingerprint density at radius 2 is 1.56 bits per heavy atom. The van der Waals surface area contributed by atoms with Crippen LogP contribution in [0.4, 0.5) is 0 Å². The number of hydrogen-bond donors (Lipinski definition) is 1. The van der Waals surface area contributed by atoms with Crippen LogP contribution in [0.25, 0.3) is 0 Å². The molecule has 1 nitrogen and oxygen atoms in total. The Hall–Kier alpha value is -0.530. The topological polar surface area (TPSA) is 26.0 Å². The van der Waals surface area contributed by atoms with Gasteiger partial charge in [-0.15, -0.1) is 0 Å². The monoisotopic (exact) mass is 237 g/mol. The van der Waals surface area contributed by atoms with Crippen molar-refractivity contribution < 1.29 is 0 Å². The highest BCUT2D eigenvalue weighted by Gasteiger charge is 2.20. The van der Waals surface area contributed by atoms with Gasteiger partial charge in [0.25, 0.3) is 0 Å². The lowest BCUT2D eigenvalue weighted by atomic mass is 9.79. The quantitative estimate of drug-likeness (QED) is 0.854. The molecule has 0 atom stereocenters. The Kier molecular flexibility index (Phi) is 4.25. The summed E-state index contributed by atoms with van der Waals surface area (Å²) in [6.45, 7) is 0.869. The van der Waals surface area contributed by atoms with Gasteiger partial charge in [-0.25, -0.2) is 0 Å². The van der Waals surface area contributed by atoms with E-state index >= 15 is 0 Å². The highest BCUT2D eigenvalue weighted by molar-refractivity contribution is 6.30. The maximum Gasteiger partial charge on any atom is 0.0406 e. The summed E-state index contributed by atoms with van der Waals surface area (Å²) in [4.78, 5) is 0. The van der Waals surface area contributed by atoms with Gasteiger partial charge in [0.15, 0.2) is 0 Å². The second-order valence-electron chi connectivity index (χ2n) is 4.95. The van der Waals surface area contributed by atoms with Crippen molar-refractivity contribution in [3.63, 3.8) is 0 Å². The summed E-state index contributed by atoms with van der Waals surface area (Å²) in [6, 6.07) is 8.28. The van der Waals surface area contributed by atoms with Crippen molar-refractivity contribution in [2.45, 2.75) is 32.1 Å². The molecule has 1 fully saturated rings. The van der Waals surface area contributed by atoms with Crippen molar-refractivity contribution in [1.82, 2.24) is 0 Å². The third-order valence-electron chi connectivity index (χ3n) is 3.74. The molecule has 0 saturated heterocycles. The normalized spacial score (nSPS) is 25.6. The van der Waals surface area contributed by atoms with Gasteiger partial charge in [-0.1, -0.05) is 23.7 Å². The molecule has 0 unspecified atom stereocenters. The molecule has 2 N–H and O–H groups in total. The molecule has 2 rings (SSSR count). The maximum absolute atomic E-state index is 5.88. The van der Waals surface area contributed by atoms with Crippen molar-refractivity contribution in [1.29, 1.82) is 0 Å². The summed E-state index contributed by atoms with van der Waals surface area (Å²) in [6.07, 6.45) is 6.51. The Labute approximate surface area is 103 Å².